The van der Waals surface area contributed by atoms with Crippen LogP contribution in [-0.2, 0) is 0 Å². The van der Waals surface area contributed by atoms with Gasteiger partial charge in [-0.2, -0.15) is 0 Å². The Morgan fingerprint density at radius 1 is 0.358 bits per heavy atom. The minimum atomic E-state index is 0.858. The van der Waals surface area contributed by atoms with Crippen LogP contribution in [0.2, 0.25) is 0 Å². The first-order valence-electron chi connectivity index (χ1n) is 18.3. The van der Waals surface area contributed by atoms with E-state index in [4.69, 9.17) is 4.98 Å². The number of pyridine rings is 1. The lowest BCUT2D eigenvalue weighted by atomic mass is 9.82. The molecule has 1 aliphatic heterocycles. The third kappa shape index (κ3) is 4.59. The van der Waals surface area contributed by atoms with Crippen LogP contribution in [0.15, 0.2) is 182 Å². The summed E-state index contributed by atoms with van der Waals surface area (Å²) in [6, 6.07) is 64.1. The summed E-state index contributed by atoms with van der Waals surface area (Å²) >= 11 is 0. The molecule has 3 heterocycles. The van der Waals surface area contributed by atoms with Crippen molar-refractivity contribution in [2.24, 2.45) is 0 Å². The lowest BCUT2D eigenvalue weighted by molar-refractivity contribution is 0.850. The summed E-state index contributed by atoms with van der Waals surface area (Å²) in [5, 5.41) is 2.51. The van der Waals surface area contributed by atoms with E-state index in [1.807, 2.05) is 6.20 Å². The van der Waals surface area contributed by atoms with Crippen LogP contribution in [0.5, 0.6) is 0 Å². The van der Waals surface area contributed by atoms with Crippen molar-refractivity contribution < 1.29 is 0 Å². The van der Waals surface area contributed by atoms with Crippen molar-refractivity contribution in [3.05, 3.63) is 182 Å². The Kier molecular flexibility index (Phi) is 6.65. The van der Waals surface area contributed by atoms with Crippen LogP contribution < -0.4 is 9.80 Å². The zero-order valence-corrected chi connectivity index (χ0v) is 29.0. The first kappa shape index (κ1) is 29.8. The molecule has 0 fully saturated rings. The molecule has 0 saturated carbocycles. The highest BCUT2D eigenvalue weighted by Gasteiger charge is 2.30. The zero-order chi connectivity index (χ0) is 34.9. The highest BCUT2D eigenvalue weighted by Crippen LogP contribution is 2.52. The van der Waals surface area contributed by atoms with Gasteiger partial charge < -0.3 is 14.4 Å². The molecule has 0 radical (unpaired) electrons. The van der Waals surface area contributed by atoms with Gasteiger partial charge in [0.05, 0.1) is 28.1 Å². The van der Waals surface area contributed by atoms with Crippen LogP contribution in [0.3, 0.4) is 0 Å². The number of anilines is 4. The summed E-state index contributed by atoms with van der Waals surface area (Å²) in [4.78, 5) is 10.1. The number of fused-ring (bicyclic) bond motifs is 12. The summed E-state index contributed by atoms with van der Waals surface area (Å²) in [5.74, 6) is 0. The lowest BCUT2D eigenvalue weighted by Gasteiger charge is -2.40. The molecule has 11 rings (SSSR count). The monoisotopic (exact) mass is 678 g/mol. The summed E-state index contributed by atoms with van der Waals surface area (Å²) in [6.45, 7) is 1.72. The van der Waals surface area contributed by atoms with Crippen LogP contribution >= 0.6 is 0 Å². The Balaban J connectivity index is 1.25. The number of hydrogen-bond acceptors (Lipinski definition) is 3. The highest BCUT2D eigenvalue weighted by molar-refractivity contribution is 6.10. The maximum absolute atomic E-state index is 5.17. The molecule has 4 heteroatoms. The van der Waals surface area contributed by atoms with Crippen LogP contribution in [0.1, 0.15) is 0 Å². The minimum absolute atomic E-state index is 0.858. The van der Waals surface area contributed by atoms with E-state index in [1.165, 1.54) is 72.4 Å². The van der Waals surface area contributed by atoms with Crippen molar-refractivity contribution >= 4 is 44.6 Å². The highest BCUT2D eigenvalue weighted by atomic mass is 15.3. The second kappa shape index (κ2) is 11.8. The topological polar surface area (TPSA) is 24.3 Å². The van der Waals surface area contributed by atoms with Crippen molar-refractivity contribution in [1.29, 1.82) is 0 Å². The third-order valence-electron chi connectivity index (χ3n) is 11.1. The fourth-order valence-electron chi connectivity index (χ4n) is 8.74. The van der Waals surface area contributed by atoms with E-state index >= 15 is 0 Å². The standard InChI is InChI=1S/C49H34N4/c1-3-14-33(15-4-1)51-28-29-52(34-16-5-2-6-17-34)48-32-44-43(31-47(48)51)42-30-35(53-45-23-11-9-20-39(45)40-21-10-12-24-46(40)53)25-26-38(42)36-18-7-8-19-37(36)41-22-13-27-50-49(41)44/h1-27,30-32H,28-29H2. The lowest BCUT2D eigenvalue weighted by Crippen LogP contribution is -2.36. The van der Waals surface area contributed by atoms with E-state index in [0.29, 0.717) is 0 Å². The fourth-order valence-corrected chi connectivity index (χ4v) is 8.74. The second-order valence-electron chi connectivity index (χ2n) is 13.9. The van der Waals surface area contributed by atoms with E-state index in [9.17, 15) is 0 Å². The SMILES string of the molecule is c1ccc(N2CCN(c3ccccc3)c3cc4c(cc32)-c2cc(-n3c5ccccc5c5ccccc53)ccc2-c2ccccc2-c2cccnc2-4)cc1. The molecule has 250 valence electrons. The number of benzene rings is 7. The average Bonchev–Trinajstić information content (AvgIpc) is 3.57. The third-order valence-corrected chi connectivity index (χ3v) is 11.1. The first-order chi connectivity index (χ1) is 26.3. The Morgan fingerprint density at radius 2 is 0.849 bits per heavy atom. The van der Waals surface area contributed by atoms with Crippen LogP contribution in [-0.4, -0.2) is 22.6 Å². The summed E-state index contributed by atoms with van der Waals surface area (Å²) in [7, 11) is 0. The van der Waals surface area contributed by atoms with Gasteiger partial charge in [0.25, 0.3) is 0 Å². The smallest absolute Gasteiger partial charge is 0.0787 e. The van der Waals surface area contributed by atoms with Crippen molar-refractivity contribution in [1.82, 2.24) is 9.55 Å². The van der Waals surface area contributed by atoms with Crippen LogP contribution in [0.25, 0.3) is 72.1 Å². The van der Waals surface area contributed by atoms with E-state index in [2.05, 4.69) is 190 Å². The van der Waals surface area contributed by atoms with Crippen molar-refractivity contribution in [3.63, 3.8) is 0 Å². The summed E-state index contributed by atoms with van der Waals surface area (Å²) in [5.41, 5.74) is 17.5. The Bertz CT molecular complexity index is 2800. The number of rotatable bonds is 3. The van der Waals surface area contributed by atoms with Gasteiger partial charge in [-0.25, -0.2) is 0 Å². The molecule has 0 bridgehead atoms. The molecular formula is C49H34N4. The largest absolute Gasteiger partial charge is 0.338 e. The van der Waals surface area contributed by atoms with Gasteiger partial charge in [-0.05, 0) is 94.5 Å². The second-order valence-corrected chi connectivity index (χ2v) is 13.9. The summed E-state index contributed by atoms with van der Waals surface area (Å²) in [6.07, 6.45) is 1.94. The summed E-state index contributed by atoms with van der Waals surface area (Å²) < 4.78 is 2.42. The fraction of sp³-hybridized carbons (Fsp3) is 0.0408. The molecule has 53 heavy (non-hydrogen) atoms. The normalized spacial score (nSPS) is 13.1. The molecule has 9 aromatic rings. The zero-order valence-electron chi connectivity index (χ0n) is 29.0. The van der Waals surface area contributed by atoms with Crippen molar-refractivity contribution in [2.75, 3.05) is 22.9 Å². The van der Waals surface area contributed by atoms with Gasteiger partial charge >= 0.3 is 0 Å². The Labute approximate surface area is 308 Å². The van der Waals surface area contributed by atoms with Gasteiger partial charge in [0.2, 0.25) is 0 Å². The molecule has 0 amide bonds. The van der Waals surface area contributed by atoms with E-state index in [-0.39, 0.29) is 0 Å². The maximum Gasteiger partial charge on any atom is 0.0787 e. The van der Waals surface area contributed by atoms with Gasteiger partial charge in [0, 0.05) is 58.2 Å². The van der Waals surface area contributed by atoms with Crippen LogP contribution in [0.4, 0.5) is 22.7 Å². The molecule has 0 atom stereocenters. The number of para-hydroxylation sites is 4. The van der Waals surface area contributed by atoms with Gasteiger partial charge in [-0.15, -0.1) is 0 Å². The van der Waals surface area contributed by atoms with Gasteiger partial charge in [-0.3, -0.25) is 4.98 Å². The quantitative estimate of drug-likeness (QED) is 0.186. The molecule has 4 nitrogen and oxygen atoms in total. The van der Waals surface area contributed by atoms with Crippen LogP contribution in [0, 0.1) is 0 Å². The molecule has 0 spiro atoms. The minimum Gasteiger partial charge on any atom is -0.338 e. The molecule has 7 aromatic carbocycles. The predicted molar refractivity (Wildman–Crippen MR) is 221 cm³/mol. The number of aromatic nitrogens is 2. The molecule has 0 unspecified atom stereocenters. The predicted octanol–water partition coefficient (Wildman–Crippen LogP) is 12.4. The maximum atomic E-state index is 5.17. The average molecular weight is 679 g/mol. The number of nitrogens with zero attached hydrogens (tertiary/aromatic N) is 4. The van der Waals surface area contributed by atoms with E-state index in [0.717, 1.165) is 35.6 Å². The van der Waals surface area contributed by atoms with Gasteiger partial charge in [0.15, 0.2) is 0 Å². The van der Waals surface area contributed by atoms with Crippen molar-refractivity contribution in [2.45, 2.75) is 0 Å². The van der Waals surface area contributed by atoms with Gasteiger partial charge in [0.1, 0.15) is 0 Å². The Hall–Kier alpha value is -6.91. The molecule has 2 aromatic heterocycles. The molecular weight excluding hydrogens is 645 g/mol. The first-order valence-corrected chi connectivity index (χ1v) is 18.3. The molecule has 0 saturated heterocycles. The van der Waals surface area contributed by atoms with Gasteiger partial charge in [-0.1, -0.05) is 109 Å². The molecule has 2 aliphatic rings. The van der Waals surface area contributed by atoms with E-state index in [1.54, 1.807) is 0 Å². The molecule has 0 N–H and O–H groups in total. The molecule has 1 aliphatic carbocycles. The Morgan fingerprint density at radius 3 is 1.49 bits per heavy atom. The van der Waals surface area contributed by atoms with E-state index < -0.39 is 0 Å². The van der Waals surface area contributed by atoms with Crippen molar-refractivity contribution in [3.8, 4) is 50.3 Å². The number of hydrogen-bond donors (Lipinski definition) is 0.